The summed E-state index contributed by atoms with van der Waals surface area (Å²) in [5.41, 5.74) is 2.35. The van der Waals surface area contributed by atoms with Crippen LogP contribution in [-0.4, -0.2) is 29.7 Å². The van der Waals surface area contributed by atoms with Crippen molar-refractivity contribution in [1.29, 1.82) is 0 Å². The van der Waals surface area contributed by atoms with Crippen molar-refractivity contribution >= 4 is 27.1 Å². The summed E-state index contributed by atoms with van der Waals surface area (Å²) in [5.74, 6) is 0.724. The summed E-state index contributed by atoms with van der Waals surface area (Å²) in [6, 6.07) is 0. The number of hydrogen-bond donors (Lipinski definition) is 1. The third kappa shape index (κ3) is 1.32. The van der Waals surface area contributed by atoms with E-state index >= 15 is 0 Å². The number of nitrogens with zero attached hydrogens (tertiary/aromatic N) is 5. The molecule has 0 spiro atoms. The Hall–Kier alpha value is -1.76. The number of nitrogens with one attached hydrogen (secondary N) is 1. The third-order valence-electron chi connectivity index (χ3n) is 2.28. The predicted molar refractivity (Wildman–Crippen MR) is 61.6 cm³/mol. The topological polar surface area (TPSA) is 72.3 Å². The van der Waals surface area contributed by atoms with Gasteiger partial charge in [-0.05, 0) is 15.9 Å². The molecule has 0 radical (unpaired) electrons. The van der Waals surface area contributed by atoms with Gasteiger partial charge in [0.15, 0.2) is 11.5 Å². The number of rotatable bonds is 1. The number of halogens is 1. The minimum atomic E-state index is 0.651. The summed E-state index contributed by atoms with van der Waals surface area (Å²) in [4.78, 5) is 15.5. The van der Waals surface area contributed by atoms with Crippen LogP contribution in [-0.2, 0) is 7.05 Å². The molecule has 0 bridgehead atoms. The maximum atomic E-state index is 4.38. The van der Waals surface area contributed by atoms with Crippen molar-refractivity contribution in [2.45, 2.75) is 0 Å². The van der Waals surface area contributed by atoms with Crippen LogP contribution in [0.2, 0.25) is 0 Å². The van der Waals surface area contributed by atoms with Crippen LogP contribution in [0.1, 0.15) is 0 Å². The molecule has 7 heteroatoms. The summed E-state index contributed by atoms with van der Waals surface area (Å²) in [5, 5.41) is 4.14. The van der Waals surface area contributed by atoms with E-state index in [1.165, 1.54) is 6.33 Å². The molecule has 3 heterocycles. The standard InChI is InChI=1S/C9H7BrN6/c1-16-7(5(10)2-13-16)9-14-6-3-11-4-12-8(6)15-9/h2-4H,1H3,(H,11,12,14,15). The number of hydrogen-bond acceptors (Lipinski definition) is 4. The molecule has 0 unspecified atom stereocenters. The normalized spacial score (nSPS) is 11.1. The molecular weight excluding hydrogens is 272 g/mol. The Morgan fingerprint density at radius 2 is 2.25 bits per heavy atom. The van der Waals surface area contributed by atoms with Crippen LogP contribution in [0.5, 0.6) is 0 Å². The van der Waals surface area contributed by atoms with Gasteiger partial charge in [0.25, 0.3) is 0 Å². The van der Waals surface area contributed by atoms with Crippen LogP contribution in [0.15, 0.2) is 23.2 Å². The van der Waals surface area contributed by atoms with Crippen LogP contribution in [0.25, 0.3) is 22.7 Å². The highest BCUT2D eigenvalue weighted by Crippen LogP contribution is 2.26. The fourth-order valence-corrected chi connectivity index (χ4v) is 2.09. The molecular formula is C9H7BrN6. The van der Waals surface area contributed by atoms with E-state index in [9.17, 15) is 0 Å². The van der Waals surface area contributed by atoms with Gasteiger partial charge >= 0.3 is 0 Å². The van der Waals surface area contributed by atoms with E-state index < -0.39 is 0 Å². The molecule has 80 valence electrons. The molecule has 0 aromatic carbocycles. The van der Waals surface area contributed by atoms with E-state index in [1.807, 2.05) is 7.05 Å². The molecule has 6 nitrogen and oxygen atoms in total. The number of fused-ring (bicyclic) bond motifs is 1. The van der Waals surface area contributed by atoms with Crippen LogP contribution in [0, 0.1) is 0 Å². The zero-order valence-electron chi connectivity index (χ0n) is 8.35. The second kappa shape index (κ2) is 3.38. The first-order valence-electron chi connectivity index (χ1n) is 4.59. The largest absolute Gasteiger partial charge is 0.334 e. The molecule has 3 aromatic heterocycles. The van der Waals surface area contributed by atoms with E-state index in [-0.39, 0.29) is 0 Å². The quantitative estimate of drug-likeness (QED) is 0.733. The first-order chi connectivity index (χ1) is 7.75. The summed E-state index contributed by atoms with van der Waals surface area (Å²) in [6.07, 6.45) is 4.91. The Morgan fingerprint density at radius 3 is 2.94 bits per heavy atom. The summed E-state index contributed by atoms with van der Waals surface area (Å²) in [6.45, 7) is 0. The summed E-state index contributed by atoms with van der Waals surface area (Å²) >= 11 is 3.43. The average molecular weight is 279 g/mol. The second-order valence-electron chi connectivity index (χ2n) is 3.31. The highest BCUT2D eigenvalue weighted by Gasteiger charge is 2.13. The van der Waals surface area contributed by atoms with Gasteiger partial charge in [0, 0.05) is 7.05 Å². The van der Waals surface area contributed by atoms with Crippen molar-refractivity contribution < 1.29 is 0 Å². The van der Waals surface area contributed by atoms with Crippen LogP contribution < -0.4 is 0 Å². The second-order valence-corrected chi connectivity index (χ2v) is 4.16. The first-order valence-corrected chi connectivity index (χ1v) is 5.38. The minimum absolute atomic E-state index is 0.651. The van der Waals surface area contributed by atoms with Crippen LogP contribution >= 0.6 is 15.9 Å². The Morgan fingerprint density at radius 1 is 1.38 bits per heavy atom. The Balaban J connectivity index is 2.27. The smallest absolute Gasteiger partial charge is 0.181 e. The number of imidazole rings is 1. The van der Waals surface area contributed by atoms with Gasteiger partial charge in [-0.2, -0.15) is 5.10 Å². The number of aromatic amines is 1. The lowest BCUT2D eigenvalue weighted by Gasteiger charge is -1.97. The first kappa shape index (κ1) is 9.46. The van der Waals surface area contributed by atoms with E-state index in [1.54, 1.807) is 17.1 Å². The van der Waals surface area contributed by atoms with Crippen molar-refractivity contribution in [3.63, 3.8) is 0 Å². The minimum Gasteiger partial charge on any atom is -0.334 e. The summed E-state index contributed by atoms with van der Waals surface area (Å²) < 4.78 is 2.64. The lowest BCUT2D eigenvalue weighted by molar-refractivity contribution is 0.771. The molecule has 0 aliphatic rings. The molecule has 0 fully saturated rings. The van der Waals surface area contributed by atoms with Crippen molar-refractivity contribution in [1.82, 2.24) is 29.7 Å². The molecule has 3 aromatic rings. The van der Waals surface area contributed by atoms with E-state index in [0.29, 0.717) is 5.65 Å². The highest BCUT2D eigenvalue weighted by atomic mass is 79.9. The van der Waals surface area contributed by atoms with Crippen LogP contribution in [0.3, 0.4) is 0 Å². The van der Waals surface area contributed by atoms with Crippen LogP contribution in [0.4, 0.5) is 0 Å². The molecule has 0 atom stereocenters. The van der Waals surface area contributed by atoms with Gasteiger partial charge < -0.3 is 4.98 Å². The van der Waals surface area contributed by atoms with Gasteiger partial charge in [-0.3, -0.25) is 4.68 Å². The predicted octanol–water partition coefficient (Wildman–Crippen LogP) is 1.52. The van der Waals surface area contributed by atoms with Gasteiger partial charge in [0.2, 0.25) is 0 Å². The Kier molecular flexibility index (Phi) is 2.00. The zero-order chi connectivity index (χ0) is 11.1. The van der Waals surface area contributed by atoms with Gasteiger partial charge in [0.05, 0.1) is 16.9 Å². The molecule has 0 saturated carbocycles. The third-order valence-corrected chi connectivity index (χ3v) is 2.86. The lowest BCUT2D eigenvalue weighted by Crippen LogP contribution is -1.94. The lowest BCUT2D eigenvalue weighted by atomic mass is 10.4. The fourth-order valence-electron chi connectivity index (χ4n) is 1.55. The van der Waals surface area contributed by atoms with Crippen molar-refractivity contribution in [2.75, 3.05) is 0 Å². The Bertz CT molecular complexity index is 602. The highest BCUT2D eigenvalue weighted by molar-refractivity contribution is 9.10. The zero-order valence-corrected chi connectivity index (χ0v) is 9.93. The molecule has 0 aliphatic heterocycles. The van der Waals surface area contributed by atoms with Crippen molar-refractivity contribution in [3.05, 3.63) is 23.2 Å². The van der Waals surface area contributed by atoms with Gasteiger partial charge in [-0.1, -0.05) is 0 Å². The van der Waals surface area contributed by atoms with E-state index in [4.69, 9.17) is 0 Å². The molecule has 16 heavy (non-hydrogen) atoms. The molecule has 1 N–H and O–H groups in total. The van der Waals surface area contributed by atoms with Crippen molar-refractivity contribution in [3.8, 4) is 11.5 Å². The maximum Gasteiger partial charge on any atom is 0.181 e. The molecule has 0 amide bonds. The van der Waals surface area contributed by atoms with Crippen molar-refractivity contribution in [2.24, 2.45) is 7.05 Å². The molecule has 3 rings (SSSR count). The Labute approximate surface area is 98.9 Å². The number of aromatic nitrogens is 6. The summed E-state index contributed by atoms with van der Waals surface area (Å²) in [7, 11) is 1.86. The maximum absolute atomic E-state index is 4.38. The van der Waals surface area contributed by atoms with Gasteiger partial charge in [-0.25, -0.2) is 15.0 Å². The fraction of sp³-hybridized carbons (Fsp3) is 0.111. The van der Waals surface area contributed by atoms with Gasteiger partial charge in [0.1, 0.15) is 17.5 Å². The SMILES string of the molecule is Cn1ncc(Br)c1-c1nc2ncncc2[nH]1. The van der Waals surface area contributed by atoms with E-state index in [0.717, 1.165) is 21.5 Å². The number of H-pyrrole nitrogens is 1. The molecule has 0 saturated heterocycles. The monoisotopic (exact) mass is 278 g/mol. The average Bonchev–Trinajstić information content (AvgIpc) is 2.82. The van der Waals surface area contributed by atoms with Gasteiger partial charge in [-0.15, -0.1) is 0 Å². The van der Waals surface area contributed by atoms with E-state index in [2.05, 4.69) is 41.0 Å². The number of aryl methyl sites for hydroxylation is 1. The molecule has 0 aliphatic carbocycles.